The average Bonchev–Trinajstić information content (AvgIpc) is 2.61. The molecule has 0 aromatic carbocycles. The first kappa shape index (κ1) is 11.8. The first-order valence-corrected chi connectivity index (χ1v) is 5.63. The van der Waals surface area contributed by atoms with E-state index in [4.69, 9.17) is 4.52 Å². The summed E-state index contributed by atoms with van der Waals surface area (Å²) >= 11 is 0. The van der Waals surface area contributed by atoms with Crippen LogP contribution in [-0.4, -0.2) is 35.7 Å². The molecule has 1 aromatic heterocycles. The Labute approximate surface area is 99.5 Å². The molecule has 0 unspecified atom stereocenters. The SMILES string of the molecule is CC(C(=O)NCCc1nc(C)no1)=C1CNC1. The highest BCUT2D eigenvalue weighted by Crippen LogP contribution is 2.08. The van der Waals surface area contributed by atoms with E-state index in [1.54, 1.807) is 6.92 Å². The van der Waals surface area contributed by atoms with Crippen molar-refractivity contribution in [3.05, 3.63) is 22.9 Å². The number of rotatable bonds is 4. The first-order chi connectivity index (χ1) is 8.16. The third-order valence-corrected chi connectivity index (χ3v) is 2.74. The zero-order valence-electron chi connectivity index (χ0n) is 10.0. The zero-order chi connectivity index (χ0) is 12.3. The van der Waals surface area contributed by atoms with Gasteiger partial charge in [0.25, 0.3) is 0 Å². The third-order valence-electron chi connectivity index (χ3n) is 2.74. The predicted molar refractivity (Wildman–Crippen MR) is 61.3 cm³/mol. The molecule has 2 heterocycles. The van der Waals surface area contributed by atoms with E-state index in [0.717, 1.165) is 18.7 Å². The van der Waals surface area contributed by atoms with Gasteiger partial charge in [0.15, 0.2) is 5.82 Å². The summed E-state index contributed by atoms with van der Waals surface area (Å²) in [6.07, 6.45) is 0.563. The van der Waals surface area contributed by atoms with Crippen LogP contribution in [0.4, 0.5) is 0 Å². The highest BCUT2D eigenvalue weighted by atomic mass is 16.5. The number of aromatic nitrogens is 2. The van der Waals surface area contributed by atoms with E-state index < -0.39 is 0 Å². The van der Waals surface area contributed by atoms with Crippen molar-refractivity contribution >= 4 is 5.91 Å². The summed E-state index contributed by atoms with van der Waals surface area (Å²) in [6.45, 7) is 5.77. The fraction of sp³-hybridized carbons (Fsp3) is 0.545. The zero-order valence-corrected chi connectivity index (χ0v) is 10.0. The Bertz CT molecular complexity index is 444. The lowest BCUT2D eigenvalue weighted by Crippen LogP contribution is -2.38. The molecule has 0 saturated carbocycles. The normalized spacial score (nSPS) is 14.4. The van der Waals surface area contributed by atoms with Gasteiger partial charge in [0, 0.05) is 31.6 Å². The molecule has 0 spiro atoms. The summed E-state index contributed by atoms with van der Waals surface area (Å²) in [5.74, 6) is 1.15. The van der Waals surface area contributed by atoms with Gasteiger partial charge >= 0.3 is 0 Å². The van der Waals surface area contributed by atoms with E-state index in [1.165, 1.54) is 5.57 Å². The van der Waals surface area contributed by atoms with Crippen LogP contribution >= 0.6 is 0 Å². The molecular formula is C11H16N4O2. The van der Waals surface area contributed by atoms with Crippen molar-refractivity contribution in [3.63, 3.8) is 0 Å². The Kier molecular flexibility index (Phi) is 3.53. The van der Waals surface area contributed by atoms with Gasteiger partial charge in [0.1, 0.15) is 0 Å². The molecule has 0 atom stereocenters. The average molecular weight is 236 g/mol. The van der Waals surface area contributed by atoms with Gasteiger partial charge in [-0.25, -0.2) is 0 Å². The van der Waals surface area contributed by atoms with Crippen LogP contribution in [0.2, 0.25) is 0 Å². The number of carbonyl (C=O) groups is 1. The number of hydrogen-bond acceptors (Lipinski definition) is 5. The van der Waals surface area contributed by atoms with E-state index >= 15 is 0 Å². The molecule has 0 radical (unpaired) electrons. The van der Waals surface area contributed by atoms with E-state index in [1.807, 2.05) is 6.92 Å². The minimum absolute atomic E-state index is 0.0160. The van der Waals surface area contributed by atoms with Crippen LogP contribution in [0.25, 0.3) is 0 Å². The fourth-order valence-corrected chi connectivity index (χ4v) is 1.53. The topological polar surface area (TPSA) is 80.1 Å². The van der Waals surface area contributed by atoms with Crippen molar-refractivity contribution in [2.45, 2.75) is 20.3 Å². The number of hydrogen-bond donors (Lipinski definition) is 2. The number of carbonyl (C=O) groups excluding carboxylic acids is 1. The Morgan fingerprint density at radius 1 is 1.53 bits per heavy atom. The second kappa shape index (κ2) is 5.09. The second-order valence-corrected chi connectivity index (χ2v) is 4.07. The fourth-order valence-electron chi connectivity index (χ4n) is 1.53. The maximum Gasteiger partial charge on any atom is 0.246 e. The lowest BCUT2D eigenvalue weighted by molar-refractivity contribution is -0.117. The van der Waals surface area contributed by atoms with Gasteiger partial charge in [-0.15, -0.1) is 0 Å². The molecular weight excluding hydrogens is 220 g/mol. The maximum absolute atomic E-state index is 11.7. The van der Waals surface area contributed by atoms with Crippen molar-refractivity contribution in [1.82, 2.24) is 20.8 Å². The largest absolute Gasteiger partial charge is 0.352 e. The Morgan fingerprint density at radius 2 is 2.29 bits per heavy atom. The highest BCUT2D eigenvalue weighted by Gasteiger charge is 2.15. The van der Waals surface area contributed by atoms with E-state index in [0.29, 0.717) is 24.7 Å². The molecule has 1 amide bonds. The Hall–Kier alpha value is -1.69. The molecule has 2 N–H and O–H groups in total. The smallest absolute Gasteiger partial charge is 0.246 e. The summed E-state index contributed by atoms with van der Waals surface area (Å²) in [5.41, 5.74) is 1.99. The van der Waals surface area contributed by atoms with Crippen LogP contribution in [-0.2, 0) is 11.2 Å². The number of nitrogens with one attached hydrogen (secondary N) is 2. The predicted octanol–water partition coefficient (Wildman–Crippen LogP) is -0.0436. The third kappa shape index (κ3) is 2.91. The van der Waals surface area contributed by atoms with E-state index in [2.05, 4.69) is 20.8 Å². The Balaban J connectivity index is 1.77. The Morgan fingerprint density at radius 3 is 2.82 bits per heavy atom. The summed E-state index contributed by atoms with van der Waals surface area (Å²) < 4.78 is 4.95. The number of aryl methyl sites for hydroxylation is 1. The lowest BCUT2D eigenvalue weighted by Gasteiger charge is -2.21. The van der Waals surface area contributed by atoms with Gasteiger partial charge in [0.2, 0.25) is 11.8 Å². The van der Waals surface area contributed by atoms with Gasteiger partial charge < -0.3 is 15.2 Å². The van der Waals surface area contributed by atoms with Crippen LogP contribution in [0.15, 0.2) is 15.7 Å². The van der Waals surface area contributed by atoms with Gasteiger partial charge in [-0.3, -0.25) is 4.79 Å². The van der Waals surface area contributed by atoms with Gasteiger partial charge in [-0.1, -0.05) is 5.16 Å². The molecule has 1 fully saturated rings. The van der Waals surface area contributed by atoms with Crippen LogP contribution in [0.1, 0.15) is 18.6 Å². The monoisotopic (exact) mass is 236 g/mol. The van der Waals surface area contributed by atoms with Gasteiger partial charge in [0.05, 0.1) is 0 Å². The van der Waals surface area contributed by atoms with Crippen LogP contribution < -0.4 is 10.6 Å². The van der Waals surface area contributed by atoms with E-state index in [-0.39, 0.29) is 5.91 Å². The molecule has 2 rings (SSSR count). The molecule has 92 valence electrons. The molecule has 17 heavy (non-hydrogen) atoms. The minimum Gasteiger partial charge on any atom is -0.352 e. The maximum atomic E-state index is 11.7. The van der Waals surface area contributed by atoms with E-state index in [9.17, 15) is 4.79 Å². The highest BCUT2D eigenvalue weighted by molar-refractivity contribution is 5.93. The van der Waals surface area contributed by atoms with Crippen LogP contribution in [0.5, 0.6) is 0 Å². The second-order valence-electron chi connectivity index (χ2n) is 4.07. The minimum atomic E-state index is -0.0160. The standard InChI is InChI=1S/C11H16N4O2/c1-7(9-5-12-6-9)11(16)13-4-3-10-14-8(2)15-17-10/h12H,3-6H2,1-2H3,(H,13,16). The van der Waals surface area contributed by atoms with Crippen LogP contribution in [0.3, 0.4) is 0 Å². The molecule has 1 aromatic rings. The quantitative estimate of drug-likeness (QED) is 0.717. The van der Waals surface area contributed by atoms with Crippen molar-refractivity contribution in [3.8, 4) is 0 Å². The summed E-state index contributed by atoms with van der Waals surface area (Å²) in [6, 6.07) is 0. The summed E-state index contributed by atoms with van der Waals surface area (Å²) in [4.78, 5) is 15.8. The van der Waals surface area contributed by atoms with Gasteiger partial charge in [-0.05, 0) is 19.4 Å². The molecule has 6 heteroatoms. The molecule has 0 bridgehead atoms. The molecule has 6 nitrogen and oxygen atoms in total. The number of nitrogens with zero attached hydrogens (tertiary/aromatic N) is 2. The first-order valence-electron chi connectivity index (χ1n) is 5.63. The van der Waals surface area contributed by atoms with Crippen LogP contribution in [0, 0.1) is 6.92 Å². The summed E-state index contributed by atoms with van der Waals surface area (Å²) in [5, 5.41) is 9.63. The summed E-state index contributed by atoms with van der Waals surface area (Å²) in [7, 11) is 0. The molecule has 1 aliphatic rings. The molecule has 1 aliphatic heterocycles. The number of amides is 1. The molecule has 0 aliphatic carbocycles. The van der Waals surface area contributed by atoms with Crippen molar-refractivity contribution in [1.29, 1.82) is 0 Å². The molecule has 1 saturated heterocycles. The van der Waals surface area contributed by atoms with Crippen molar-refractivity contribution in [2.24, 2.45) is 0 Å². The van der Waals surface area contributed by atoms with Crippen molar-refractivity contribution < 1.29 is 9.32 Å². The van der Waals surface area contributed by atoms with Crippen molar-refractivity contribution in [2.75, 3.05) is 19.6 Å². The van der Waals surface area contributed by atoms with Gasteiger partial charge in [-0.2, -0.15) is 4.98 Å². The lowest BCUT2D eigenvalue weighted by atomic mass is 10.0.